The number of benzene rings is 4. The summed E-state index contributed by atoms with van der Waals surface area (Å²) < 4.78 is 11.2. The SMILES string of the molecule is COc1ccc(CCC[C@@H](CC(=O)NO)C(=O)N[C@H](Cc2c[nH]c3ccccc23)C(=O)NCCc2cccc(OCc3ccccc3)c2)cc1. The monoisotopic (exact) mass is 676 g/mol. The van der Waals surface area contributed by atoms with E-state index in [1.165, 1.54) is 0 Å². The van der Waals surface area contributed by atoms with E-state index in [1.54, 1.807) is 12.6 Å². The number of methoxy groups -OCH3 is 1. The van der Waals surface area contributed by atoms with Gasteiger partial charge in [0, 0.05) is 42.4 Å². The number of aryl methyl sites for hydroxylation is 1. The zero-order valence-electron chi connectivity index (χ0n) is 28.2. The van der Waals surface area contributed by atoms with Crippen molar-refractivity contribution in [3.05, 3.63) is 132 Å². The molecular weight excluding hydrogens is 632 g/mol. The number of hydrogen-bond acceptors (Lipinski definition) is 6. The van der Waals surface area contributed by atoms with Crippen LogP contribution in [0.5, 0.6) is 11.5 Å². The van der Waals surface area contributed by atoms with E-state index in [4.69, 9.17) is 9.47 Å². The number of rotatable bonds is 18. The lowest BCUT2D eigenvalue weighted by atomic mass is 9.94. The standard InChI is InChI=1S/C40H44N4O6/c1-49-33-19-17-28(18-20-33)11-7-13-31(25-38(45)44-48)39(46)43-37(24-32-26-42-36-16-6-5-15-35(32)36)40(47)41-22-21-29-12-8-14-34(23-29)50-27-30-9-3-2-4-10-30/h2-6,8-10,12,14-20,23,26,31,37,42,48H,7,11,13,21-22,24-25,27H2,1H3,(H,41,47)(H,43,46)(H,44,45)/t31-,37+/m0/s1. The van der Waals surface area contributed by atoms with Gasteiger partial charge in [0.15, 0.2) is 0 Å². The number of H-pyrrole nitrogens is 1. The van der Waals surface area contributed by atoms with Crippen LogP contribution in [0.1, 0.15) is 41.5 Å². The molecule has 0 aliphatic rings. The van der Waals surface area contributed by atoms with Gasteiger partial charge in [-0.25, -0.2) is 5.48 Å². The molecule has 10 heteroatoms. The van der Waals surface area contributed by atoms with E-state index in [2.05, 4.69) is 15.6 Å². The summed E-state index contributed by atoms with van der Waals surface area (Å²) in [6, 6.07) is 32.3. The molecule has 1 heterocycles. The fraction of sp³-hybridized carbons (Fsp3) is 0.275. The number of nitrogens with one attached hydrogen (secondary N) is 4. The minimum absolute atomic E-state index is 0.213. The van der Waals surface area contributed by atoms with Crippen molar-refractivity contribution < 1.29 is 29.1 Å². The van der Waals surface area contributed by atoms with E-state index < -0.39 is 23.8 Å². The third-order valence-electron chi connectivity index (χ3n) is 8.70. The van der Waals surface area contributed by atoms with E-state index in [-0.39, 0.29) is 18.7 Å². The molecule has 50 heavy (non-hydrogen) atoms. The second kappa shape index (κ2) is 18.2. The van der Waals surface area contributed by atoms with E-state index in [0.29, 0.717) is 38.8 Å². The Bertz CT molecular complexity index is 1840. The lowest BCUT2D eigenvalue weighted by Crippen LogP contribution is -2.50. The zero-order chi connectivity index (χ0) is 35.1. The number of aromatic nitrogens is 1. The van der Waals surface area contributed by atoms with Gasteiger partial charge in [-0.2, -0.15) is 0 Å². The number of carbonyl (C=O) groups is 3. The quantitative estimate of drug-likeness (QED) is 0.0598. The van der Waals surface area contributed by atoms with Gasteiger partial charge < -0.3 is 25.1 Å². The highest BCUT2D eigenvalue weighted by Gasteiger charge is 2.28. The molecule has 10 nitrogen and oxygen atoms in total. The molecule has 1 aromatic heterocycles. The largest absolute Gasteiger partial charge is 0.497 e. The first-order chi connectivity index (χ1) is 24.4. The number of hydrogen-bond donors (Lipinski definition) is 5. The number of amides is 3. The fourth-order valence-electron chi connectivity index (χ4n) is 5.94. The van der Waals surface area contributed by atoms with Crippen molar-refractivity contribution in [1.82, 2.24) is 21.1 Å². The average molecular weight is 677 g/mol. The summed E-state index contributed by atoms with van der Waals surface area (Å²) in [7, 11) is 1.61. The van der Waals surface area contributed by atoms with Crippen LogP contribution in [-0.4, -0.2) is 47.6 Å². The van der Waals surface area contributed by atoms with Crippen molar-refractivity contribution in [2.75, 3.05) is 13.7 Å². The van der Waals surface area contributed by atoms with E-state index >= 15 is 0 Å². The maximum Gasteiger partial charge on any atom is 0.244 e. The van der Waals surface area contributed by atoms with E-state index in [1.807, 2.05) is 109 Å². The molecule has 3 amide bonds. The van der Waals surface area contributed by atoms with Crippen LogP contribution in [-0.2, 0) is 40.3 Å². The van der Waals surface area contributed by atoms with Gasteiger partial charge in [-0.15, -0.1) is 0 Å². The smallest absolute Gasteiger partial charge is 0.244 e. The van der Waals surface area contributed by atoms with Crippen LogP contribution in [0.15, 0.2) is 109 Å². The number of fused-ring (bicyclic) bond motifs is 1. The van der Waals surface area contributed by atoms with Gasteiger partial charge in [-0.05, 0) is 78.3 Å². The lowest BCUT2D eigenvalue weighted by molar-refractivity contribution is -0.136. The molecular formula is C40H44N4O6. The summed E-state index contributed by atoms with van der Waals surface area (Å²) in [5.74, 6) is -0.673. The molecule has 0 fully saturated rings. The number of aromatic amines is 1. The molecule has 260 valence electrons. The number of ether oxygens (including phenoxy) is 2. The second-order valence-electron chi connectivity index (χ2n) is 12.3. The topological polar surface area (TPSA) is 142 Å². The van der Waals surface area contributed by atoms with Gasteiger partial charge in [0.25, 0.3) is 0 Å². The average Bonchev–Trinajstić information content (AvgIpc) is 3.56. The zero-order valence-corrected chi connectivity index (χ0v) is 28.2. The summed E-state index contributed by atoms with van der Waals surface area (Å²) in [5, 5.41) is 16.1. The Morgan fingerprint density at radius 3 is 2.34 bits per heavy atom. The van der Waals surface area contributed by atoms with Gasteiger partial charge in [-0.3, -0.25) is 19.6 Å². The molecule has 4 aromatic carbocycles. The second-order valence-corrected chi connectivity index (χ2v) is 12.3. The number of para-hydroxylation sites is 1. The van der Waals surface area contributed by atoms with Gasteiger partial charge in [-0.1, -0.05) is 72.8 Å². The van der Waals surface area contributed by atoms with Crippen LogP contribution >= 0.6 is 0 Å². The molecule has 0 aliphatic carbocycles. The van der Waals surface area contributed by atoms with E-state index in [9.17, 15) is 19.6 Å². The summed E-state index contributed by atoms with van der Waals surface area (Å²) in [5.41, 5.74) is 6.60. The van der Waals surface area contributed by atoms with Gasteiger partial charge >= 0.3 is 0 Å². The Labute approximate surface area is 292 Å². The summed E-state index contributed by atoms with van der Waals surface area (Å²) >= 11 is 0. The third kappa shape index (κ3) is 10.4. The molecule has 5 N–H and O–H groups in total. The van der Waals surface area contributed by atoms with Gasteiger partial charge in [0.2, 0.25) is 17.7 Å². The number of carbonyl (C=O) groups excluding carboxylic acids is 3. The molecule has 0 saturated carbocycles. The Balaban J connectivity index is 1.24. The van der Waals surface area contributed by atoms with Crippen LogP contribution in [0, 0.1) is 5.92 Å². The summed E-state index contributed by atoms with van der Waals surface area (Å²) in [6.07, 6.45) is 4.14. The minimum atomic E-state index is -0.900. The van der Waals surface area contributed by atoms with Crippen LogP contribution in [0.4, 0.5) is 0 Å². The summed E-state index contributed by atoms with van der Waals surface area (Å²) in [6.45, 7) is 0.804. The first-order valence-corrected chi connectivity index (χ1v) is 16.9. The van der Waals surface area contributed by atoms with Crippen molar-refractivity contribution in [3.8, 4) is 11.5 Å². The van der Waals surface area contributed by atoms with Crippen molar-refractivity contribution in [2.24, 2.45) is 5.92 Å². The molecule has 5 rings (SSSR count). The van der Waals surface area contributed by atoms with Crippen LogP contribution in [0.3, 0.4) is 0 Å². The van der Waals surface area contributed by atoms with Crippen molar-refractivity contribution in [2.45, 2.75) is 51.2 Å². The maximum absolute atomic E-state index is 13.7. The molecule has 0 radical (unpaired) electrons. The molecule has 0 saturated heterocycles. The Morgan fingerprint density at radius 2 is 1.56 bits per heavy atom. The predicted octanol–water partition coefficient (Wildman–Crippen LogP) is 5.68. The van der Waals surface area contributed by atoms with Gasteiger partial charge in [0.05, 0.1) is 7.11 Å². The van der Waals surface area contributed by atoms with Crippen molar-refractivity contribution >= 4 is 28.6 Å². The molecule has 0 bridgehead atoms. The highest BCUT2D eigenvalue weighted by atomic mass is 16.5. The van der Waals surface area contributed by atoms with Crippen molar-refractivity contribution in [3.63, 3.8) is 0 Å². The Kier molecular flexibility index (Phi) is 13.0. The van der Waals surface area contributed by atoms with Gasteiger partial charge in [0.1, 0.15) is 24.1 Å². The van der Waals surface area contributed by atoms with E-state index in [0.717, 1.165) is 44.7 Å². The summed E-state index contributed by atoms with van der Waals surface area (Å²) in [4.78, 5) is 42.9. The van der Waals surface area contributed by atoms with Crippen LogP contribution in [0.2, 0.25) is 0 Å². The third-order valence-corrected chi connectivity index (χ3v) is 8.70. The minimum Gasteiger partial charge on any atom is -0.497 e. The molecule has 0 unspecified atom stereocenters. The fourth-order valence-corrected chi connectivity index (χ4v) is 5.94. The molecule has 0 aliphatic heterocycles. The molecule has 0 spiro atoms. The Hall–Kier alpha value is -5.61. The normalized spacial score (nSPS) is 12.1. The molecule has 2 atom stereocenters. The first kappa shape index (κ1) is 35.7. The van der Waals surface area contributed by atoms with Crippen LogP contribution < -0.4 is 25.6 Å². The Morgan fingerprint density at radius 1 is 0.800 bits per heavy atom. The first-order valence-electron chi connectivity index (χ1n) is 16.9. The predicted molar refractivity (Wildman–Crippen MR) is 192 cm³/mol. The highest BCUT2D eigenvalue weighted by molar-refractivity contribution is 5.91. The maximum atomic E-state index is 13.7. The lowest BCUT2D eigenvalue weighted by Gasteiger charge is -2.22. The van der Waals surface area contributed by atoms with Crippen molar-refractivity contribution in [1.29, 1.82) is 0 Å². The number of hydroxylamine groups is 1. The highest BCUT2D eigenvalue weighted by Crippen LogP contribution is 2.21. The van der Waals surface area contributed by atoms with Crippen LogP contribution in [0.25, 0.3) is 10.9 Å². The molecule has 5 aromatic rings.